The zero-order valence-electron chi connectivity index (χ0n) is 17.6. The van der Waals surface area contributed by atoms with Crippen LogP contribution in [0.4, 0.5) is 22.0 Å². The summed E-state index contributed by atoms with van der Waals surface area (Å²) in [5.74, 6) is -0.735. The highest BCUT2D eigenvalue weighted by atomic mass is 19.4. The number of fused-ring (bicyclic) bond motifs is 1. The highest BCUT2D eigenvalue weighted by Crippen LogP contribution is 2.37. The van der Waals surface area contributed by atoms with Crippen LogP contribution in [0.25, 0.3) is 33.5 Å². The molecule has 3 nitrogen and oxygen atoms in total. The minimum absolute atomic E-state index is 0.111. The fourth-order valence-electron chi connectivity index (χ4n) is 3.93. The number of alkyl halides is 3. The minimum Gasteiger partial charge on any atom is -0.333 e. The maximum atomic E-state index is 14.9. The number of hydrogen-bond acceptors (Lipinski definition) is 1. The average molecular weight is 466 g/mol. The summed E-state index contributed by atoms with van der Waals surface area (Å²) in [7, 11) is 0. The number of imidazole rings is 1. The van der Waals surface area contributed by atoms with Crippen molar-refractivity contribution < 1.29 is 26.5 Å². The SMILES string of the molecule is Fc1ccccc1-c1nc2cc[n+](Cc3ccc(-c4ccccc4C(F)(F)F)c(F)c3)cc2[nH]1. The van der Waals surface area contributed by atoms with Gasteiger partial charge in [0.1, 0.15) is 28.5 Å². The van der Waals surface area contributed by atoms with Gasteiger partial charge >= 0.3 is 6.18 Å². The lowest BCUT2D eigenvalue weighted by Crippen LogP contribution is -2.33. The molecule has 0 aliphatic heterocycles. The molecule has 34 heavy (non-hydrogen) atoms. The summed E-state index contributed by atoms with van der Waals surface area (Å²) >= 11 is 0. The molecule has 8 heteroatoms. The fourth-order valence-corrected chi connectivity index (χ4v) is 3.93. The Balaban J connectivity index is 1.44. The van der Waals surface area contributed by atoms with Gasteiger partial charge in [-0.1, -0.05) is 42.5 Å². The second kappa shape index (κ2) is 8.37. The summed E-state index contributed by atoms with van der Waals surface area (Å²) in [6, 6.07) is 17.2. The molecule has 0 saturated heterocycles. The molecule has 5 rings (SSSR count). The average Bonchev–Trinajstić information content (AvgIpc) is 3.22. The van der Waals surface area contributed by atoms with Crippen molar-refractivity contribution in [1.82, 2.24) is 9.97 Å². The van der Waals surface area contributed by atoms with Crippen LogP contribution in [-0.4, -0.2) is 9.97 Å². The maximum absolute atomic E-state index is 14.9. The molecule has 0 spiro atoms. The molecule has 0 aliphatic carbocycles. The summed E-state index contributed by atoms with van der Waals surface area (Å²) < 4.78 is 70.7. The maximum Gasteiger partial charge on any atom is 0.417 e. The van der Waals surface area contributed by atoms with E-state index in [1.54, 1.807) is 47.3 Å². The Morgan fingerprint density at radius 3 is 2.26 bits per heavy atom. The Bertz CT molecular complexity index is 1500. The number of H-pyrrole nitrogens is 1. The number of aromatic amines is 1. The first-order chi connectivity index (χ1) is 16.3. The molecule has 0 aliphatic rings. The molecule has 0 unspecified atom stereocenters. The topological polar surface area (TPSA) is 32.6 Å². The van der Waals surface area contributed by atoms with Crippen LogP contribution in [0.3, 0.4) is 0 Å². The van der Waals surface area contributed by atoms with Crippen LogP contribution in [-0.2, 0) is 12.7 Å². The highest BCUT2D eigenvalue weighted by molar-refractivity contribution is 5.77. The van der Waals surface area contributed by atoms with E-state index < -0.39 is 23.4 Å². The molecule has 0 fully saturated rings. The first-order valence-electron chi connectivity index (χ1n) is 10.4. The quantitative estimate of drug-likeness (QED) is 0.237. The fraction of sp³-hybridized carbons (Fsp3) is 0.0769. The zero-order chi connectivity index (χ0) is 23.9. The molecular weight excluding hydrogens is 449 g/mol. The molecular formula is C26H17F5N3+. The largest absolute Gasteiger partial charge is 0.417 e. The molecule has 0 bridgehead atoms. The van der Waals surface area contributed by atoms with E-state index in [-0.39, 0.29) is 17.7 Å². The van der Waals surface area contributed by atoms with E-state index in [2.05, 4.69) is 9.97 Å². The van der Waals surface area contributed by atoms with E-state index in [9.17, 15) is 22.0 Å². The number of aromatic nitrogens is 3. The van der Waals surface area contributed by atoms with E-state index in [0.29, 0.717) is 28.0 Å². The second-order valence-corrected chi connectivity index (χ2v) is 7.84. The van der Waals surface area contributed by atoms with Crippen molar-refractivity contribution in [2.24, 2.45) is 0 Å². The van der Waals surface area contributed by atoms with Gasteiger partial charge in [0.15, 0.2) is 18.9 Å². The van der Waals surface area contributed by atoms with Crippen molar-refractivity contribution in [1.29, 1.82) is 0 Å². The summed E-state index contributed by atoms with van der Waals surface area (Å²) in [5.41, 5.74) is 1.03. The van der Waals surface area contributed by atoms with Gasteiger partial charge < -0.3 is 4.98 Å². The van der Waals surface area contributed by atoms with Gasteiger partial charge in [-0.05, 0) is 29.8 Å². The number of benzene rings is 3. The van der Waals surface area contributed by atoms with E-state index in [4.69, 9.17) is 0 Å². The summed E-state index contributed by atoms with van der Waals surface area (Å²) in [6.07, 6.45) is -1.07. The number of hydrogen-bond donors (Lipinski definition) is 1. The van der Waals surface area contributed by atoms with Crippen molar-refractivity contribution in [2.75, 3.05) is 0 Å². The number of nitrogens with one attached hydrogen (secondary N) is 1. The highest BCUT2D eigenvalue weighted by Gasteiger charge is 2.33. The van der Waals surface area contributed by atoms with Crippen molar-refractivity contribution in [2.45, 2.75) is 12.7 Å². The standard InChI is InChI=1S/C26H16F5N3/c27-21-8-4-2-6-19(21)25-32-23-11-12-34(15-24(23)33-25)14-16-9-10-18(22(28)13-16)17-5-1-3-7-20(17)26(29,30)31/h1-13,15H,14H2/p+1. The predicted octanol–water partition coefficient (Wildman–Crippen LogP) is 6.53. The summed E-state index contributed by atoms with van der Waals surface area (Å²) in [5, 5.41) is 0. The van der Waals surface area contributed by atoms with Gasteiger partial charge in [-0.2, -0.15) is 17.7 Å². The van der Waals surface area contributed by atoms with Crippen LogP contribution in [0.1, 0.15) is 11.1 Å². The molecule has 1 N–H and O–H groups in total. The van der Waals surface area contributed by atoms with Crippen LogP contribution >= 0.6 is 0 Å². The molecule has 170 valence electrons. The van der Waals surface area contributed by atoms with Gasteiger partial charge in [-0.15, -0.1) is 0 Å². The Kier molecular flexibility index (Phi) is 5.36. The van der Waals surface area contributed by atoms with Gasteiger partial charge in [0.05, 0.1) is 11.1 Å². The molecule has 2 heterocycles. The van der Waals surface area contributed by atoms with Crippen LogP contribution in [0.15, 0.2) is 85.2 Å². The lowest BCUT2D eigenvalue weighted by molar-refractivity contribution is -0.687. The lowest BCUT2D eigenvalue weighted by atomic mass is 9.97. The Morgan fingerprint density at radius 1 is 0.794 bits per heavy atom. The van der Waals surface area contributed by atoms with Crippen molar-refractivity contribution in [3.63, 3.8) is 0 Å². The lowest BCUT2D eigenvalue weighted by Gasteiger charge is -2.13. The number of halogens is 5. The van der Waals surface area contributed by atoms with Crippen LogP contribution in [0, 0.1) is 11.6 Å². The first-order valence-corrected chi connectivity index (χ1v) is 10.4. The summed E-state index contributed by atoms with van der Waals surface area (Å²) in [6.45, 7) is 0.280. The Hall–Kier alpha value is -4.07. The number of pyridine rings is 1. The third-order valence-corrected chi connectivity index (χ3v) is 5.53. The molecule has 0 atom stereocenters. The molecule has 0 radical (unpaired) electrons. The molecule has 0 amide bonds. The van der Waals surface area contributed by atoms with E-state index >= 15 is 0 Å². The van der Waals surface area contributed by atoms with Crippen molar-refractivity contribution in [3.05, 3.63) is 108 Å². The zero-order valence-corrected chi connectivity index (χ0v) is 17.6. The third-order valence-electron chi connectivity index (χ3n) is 5.53. The van der Waals surface area contributed by atoms with Crippen molar-refractivity contribution >= 4 is 11.0 Å². The number of rotatable bonds is 4. The van der Waals surface area contributed by atoms with Gasteiger partial charge in [0, 0.05) is 17.2 Å². The van der Waals surface area contributed by atoms with Crippen molar-refractivity contribution in [3.8, 4) is 22.5 Å². The van der Waals surface area contributed by atoms with E-state index in [1.807, 2.05) is 0 Å². The summed E-state index contributed by atoms with van der Waals surface area (Å²) in [4.78, 5) is 7.51. The monoisotopic (exact) mass is 466 g/mol. The second-order valence-electron chi connectivity index (χ2n) is 7.84. The van der Waals surface area contributed by atoms with Crippen LogP contribution in [0.5, 0.6) is 0 Å². The molecule has 5 aromatic rings. The smallest absolute Gasteiger partial charge is 0.333 e. The van der Waals surface area contributed by atoms with Gasteiger partial charge in [0.25, 0.3) is 0 Å². The molecule has 2 aromatic heterocycles. The number of nitrogens with zero attached hydrogens (tertiary/aromatic N) is 2. The Morgan fingerprint density at radius 2 is 1.53 bits per heavy atom. The first kappa shape index (κ1) is 21.8. The van der Waals surface area contributed by atoms with Gasteiger partial charge in [-0.3, -0.25) is 0 Å². The normalized spacial score (nSPS) is 11.8. The predicted molar refractivity (Wildman–Crippen MR) is 118 cm³/mol. The van der Waals surface area contributed by atoms with Crippen LogP contribution in [0.2, 0.25) is 0 Å². The molecule has 3 aromatic carbocycles. The third kappa shape index (κ3) is 4.14. The van der Waals surface area contributed by atoms with Crippen LogP contribution < -0.4 is 4.57 Å². The van der Waals surface area contributed by atoms with E-state index in [0.717, 1.165) is 6.07 Å². The van der Waals surface area contributed by atoms with E-state index in [1.165, 1.54) is 36.4 Å². The Labute approximate surface area is 191 Å². The molecule has 0 saturated carbocycles. The van der Waals surface area contributed by atoms with Gasteiger partial charge in [0.2, 0.25) is 0 Å². The minimum atomic E-state index is -4.58. The van der Waals surface area contributed by atoms with Gasteiger partial charge in [-0.25, -0.2) is 13.8 Å².